The summed E-state index contributed by atoms with van der Waals surface area (Å²) in [6.45, 7) is 7.56. The van der Waals surface area contributed by atoms with Crippen LogP contribution in [0.4, 0.5) is 0 Å². The van der Waals surface area contributed by atoms with Crippen LogP contribution in [0, 0.1) is 20.8 Å². The maximum atomic E-state index is 12.2. The lowest BCUT2D eigenvalue weighted by Gasteiger charge is -2.26. The molecule has 5 heteroatoms. The van der Waals surface area contributed by atoms with Crippen molar-refractivity contribution < 1.29 is 9.21 Å². The minimum atomic E-state index is -0.304. The molecule has 0 aliphatic carbocycles. The van der Waals surface area contributed by atoms with Crippen molar-refractivity contribution in [3.05, 3.63) is 22.6 Å². The highest BCUT2D eigenvalue weighted by Crippen LogP contribution is 2.22. The Balaban J connectivity index is 2.98. The van der Waals surface area contributed by atoms with Gasteiger partial charge in [-0.3, -0.25) is 4.79 Å². The second-order valence-corrected chi connectivity index (χ2v) is 5.62. The molecule has 1 N–H and O–H groups in total. The van der Waals surface area contributed by atoms with Crippen molar-refractivity contribution in [1.82, 2.24) is 5.32 Å². The number of carbonyl (C=O) groups excluding carboxylic acids is 1. The predicted molar refractivity (Wildman–Crippen MR) is 76.4 cm³/mol. The van der Waals surface area contributed by atoms with Gasteiger partial charge in [-0.1, -0.05) is 31.9 Å². The van der Waals surface area contributed by atoms with Gasteiger partial charge in [0.2, 0.25) is 0 Å². The molecule has 1 aromatic rings. The molecule has 0 radical (unpaired) electrons. The first kappa shape index (κ1) is 14.8. The number of hydrogen-bond acceptors (Lipinski definition) is 2. The summed E-state index contributed by atoms with van der Waals surface area (Å²) in [5.41, 5.74) is 1.25. The van der Waals surface area contributed by atoms with Gasteiger partial charge in [0.25, 0.3) is 5.91 Å². The highest BCUT2D eigenvalue weighted by molar-refractivity contribution is 9.09. The molecule has 0 bridgehead atoms. The van der Waals surface area contributed by atoms with Crippen LogP contribution in [0.3, 0.4) is 0 Å². The summed E-state index contributed by atoms with van der Waals surface area (Å²) in [5, 5.41) is 4.38. The summed E-state index contributed by atoms with van der Waals surface area (Å²) >= 11 is 6.81. The van der Waals surface area contributed by atoms with Crippen molar-refractivity contribution in [1.29, 1.82) is 0 Å². The first-order valence-electron chi connectivity index (χ1n) is 5.35. The molecule has 0 unspecified atom stereocenters. The average Bonchev–Trinajstić information content (AvgIpc) is 2.53. The van der Waals surface area contributed by atoms with Crippen LogP contribution in [0.15, 0.2) is 4.42 Å². The third kappa shape index (κ3) is 3.13. The summed E-state index contributed by atoms with van der Waals surface area (Å²) in [5.74, 6) is 1.38. The fourth-order valence-electron chi connectivity index (χ4n) is 1.57. The number of alkyl halides is 2. The molecule has 0 fully saturated rings. The molecule has 1 heterocycles. The van der Waals surface area contributed by atoms with E-state index in [2.05, 4.69) is 37.2 Å². The highest BCUT2D eigenvalue weighted by Gasteiger charge is 2.27. The number of rotatable bonds is 4. The lowest BCUT2D eigenvalue weighted by atomic mass is 10.1. The van der Waals surface area contributed by atoms with Crippen LogP contribution in [0.25, 0.3) is 0 Å². The molecular weight excluding hydrogens is 350 g/mol. The topological polar surface area (TPSA) is 42.2 Å². The molecule has 1 amide bonds. The number of nitrogens with one attached hydrogen (secondary N) is 1. The van der Waals surface area contributed by atoms with Gasteiger partial charge >= 0.3 is 0 Å². The second-order valence-electron chi connectivity index (χ2n) is 4.50. The molecule has 3 nitrogen and oxygen atoms in total. The Hall–Kier alpha value is -0.290. The van der Waals surface area contributed by atoms with Crippen molar-refractivity contribution >= 4 is 37.8 Å². The van der Waals surface area contributed by atoms with Crippen molar-refractivity contribution in [3.8, 4) is 0 Å². The first-order valence-corrected chi connectivity index (χ1v) is 7.60. The third-order valence-electron chi connectivity index (χ3n) is 2.79. The van der Waals surface area contributed by atoms with Crippen LogP contribution in [-0.2, 0) is 0 Å². The molecule has 96 valence electrons. The van der Waals surface area contributed by atoms with E-state index in [1.165, 1.54) is 0 Å². The van der Waals surface area contributed by atoms with Crippen LogP contribution < -0.4 is 5.32 Å². The minimum Gasteiger partial charge on any atom is -0.466 e. The standard InChI is InChI=1S/C12H17Br2NO2/c1-7-8(2)17-9(3)10(7)11(16)15-12(4,5-13)6-14/h5-6H2,1-4H3,(H,15,16). The first-order chi connectivity index (χ1) is 7.84. The van der Waals surface area contributed by atoms with Crippen LogP contribution in [0.5, 0.6) is 0 Å². The van der Waals surface area contributed by atoms with Gasteiger partial charge in [-0.2, -0.15) is 0 Å². The normalized spacial score (nSPS) is 11.6. The maximum Gasteiger partial charge on any atom is 0.255 e. The fraction of sp³-hybridized carbons (Fsp3) is 0.583. The van der Waals surface area contributed by atoms with E-state index >= 15 is 0 Å². The van der Waals surface area contributed by atoms with E-state index in [9.17, 15) is 4.79 Å². The van der Waals surface area contributed by atoms with E-state index in [4.69, 9.17) is 4.42 Å². The molecule has 0 atom stereocenters. The average molecular weight is 367 g/mol. The number of hydrogen-bond donors (Lipinski definition) is 1. The van der Waals surface area contributed by atoms with E-state index in [-0.39, 0.29) is 11.4 Å². The van der Waals surface area contributed by atoms with Crippen molar-refractivity contribution in [2.45, 2.75) is 33.2 Å². The van der Waals surface area contributed by atoms with Crippen LogP contribution in [-0.4, -0.2) is 22.1 Å². The minimum absolute atomic E-state index is 0.0850. The highest BCUT2D eigenvalue weighted by atomic mass is 79.9. The Morgan fingerprint density at radius 2 is 1.76 bits per heavy atom. The van der Waals surface area contributed by atoms with Gasteiger partial charge in [0.1, 0.15) is 11.5 Å². The van der Waals surface area contributed by atoms with Gasteiger partial charge in [-0.15, -0.1) is 0 Å². The summed E-state index contributed by atoms with van der Waals surface area (Å²) < 4.78 is 5.46. The van der Waals surface area contributed by atoms with E-state index in [1.54, 1.807) is 0 Å². The monoisotopic (exact) mass is 365 g/mol. The Labute approximate surface area is 119 Å². The fourth-order valence-corrected chi connectivity index (χ4v) is 2.78. The molecule has 0 saturated carbocycles. The molecule has 0 spiro atoms. The number of carbonyl (C=O) groups is 1. The zero-order chi connectivity index (χ0) is 13.2. The van der Waals surface area contributed by atoms with Gasteiger partial charge in [-0.05, 0) is 27.7 Å². The molecule has 0 aliphatic rings. The SMILES string of the molecule is Cc1oc(C)c(C(=O)NC(C)(CBr)CBr)c1C. The van der Waals surface area contributed by atoms with Gasteiger partial charge in [0.05, 0.1) is 11.1 Å². The third-order valence-corrected chi connectivity index (χ3v) is 5.27. The Morgan fingerprint density at radius 1 is 1.24 bits per heavy atom. The summed E-state index contributed by atoms with van der Waals surface area (Å²) in [6, 6.07) is 0. The van der Waals surface area contributed by atoms with E-state index < -0.39 is 0 Å². The summed E-state index contributed by atoms with van der Waals surface area (Å²) in [6.07, 6.45) is 0. The molecule has 17 heavy (non-hydrogen) atoms. The molecule has 0 saturated heterocycles. The smallest absolute Gasteiger partial charge is 0.255 e. The summed E-state index contributed by atoms with van der Waals surface area (Å²) in [4.78, 5) is 12.2. The van der Waals surface area contributed by atoms with Crippen molar-refractivity contribution in [2.24, 2.45) is 0 Å². The Bertz CT molecular complexity index is 422. The zero-order valence-electron chi connectivity index (χ0n) is 10.5. The van der Waals surface area contributed by atoms with Crippen LogP contribution >= 0.6 is 31.9 Å². The second kappa shape index (κ2) is 5.57. The van der Waals surface area contributed by atoms with Crippen molar-refractivity contribution in [2.75, 3.05) is 10.7 Å². The summed E-state index contributed by atoms with van der Waals surface area (Å²) in [7, 11) is 0. The molecule has 1 rings (SSSR count). The van der Waals surface area contributed by atoms with E-state index in [1.807, 2.05) is 27.7 Å². The van der Waals surface area contributed by atoms with E-state index in [0.29, 0.717) is 22.0 Å². The van der Waals surface area contributed by atoms with Gasteiger partial charge in [-0.25, -0.2) is 0 Å². The predicted octanol–water partition coefficient (Wildman–Crippen LogP) is 3.48. The number of aryl methyl sites for hydroxylation is 2. The van der Waals surface area contributed by atoms with E-state index in [0.717, 1.165) is 11.3 Å². The van der Waals surface area contributed by atoms with Gasteiger partial charge in [0, 0.05) is 16.2 Å². The Morgan fingerprint density at radius 3 is 2.12 bits per heavy atom. The number of furan rings is 1. The molecule has 1 aromatic heterocycles. The zero-order valence-corrected chi connectivity index (χ0v) is 13.7. The number of amides is 1. The van der Waals surface area contributed by atoms with Crippen molar-refractivity contribution in [3.63, 3.8) is 0 Å². The quantitative estimate of drug-likeness (QED) is 0.829. The molecule has 0 aromatic carbocycles. The Kier molecular flexibility index (Phi) is 4.84. The number of halogens is 2. The van der Waals surface area contributed by atoms with Crippen LogP contribution in [0.1, 0.15) is 34.4 Å². The molecule has 0 aliphatic heterocycles. The van der Waals surface area contributed by atoms with Crippen LogP contribution in [0.2, 0.25) is 0 Å². The largest absolute Gasteiger partial charge is 0.466 e. The lowest BCUT2D eigenvalue weighted by Crippen LogP contribution is -2.49. The molecular formula is C12H17Br2NO2. The maximum absolute atomic E-state index is 12.2. The van der Waals surface area contributed by atoms with Gasteiger partial charge in [0.15, 0.2) is 0 Å². The van der Waals surface area contributed by atoms with Gasteiger partial charge < -0.3 is 9.73 Å². The lowest BCUT2D eigenvalue weighted by molar-refractivity contribution is 0.0921.